The van der Waals surface area contributed by atoms with Gasteiger partial charge >= 0.3 is 0 Å². The van der Waals surface area contributed by atoms with Crippen LogP contribution in [-0.2, 0) is 0 Å². The van der Waals surface area contributed by atoms with E-state index < -0.39 is 0 Å². The van der Waals surface area contributed by atoms with E-state index in [0.29, 0.717) is 11.6 Å². The number of para-hydroxylation sites is 2. The zero-order valence-corrected chi connectivity index (χ0v) is 19.2. The predicted octanol–water partition coefficient (Wildman–Crippen LogP) is 6.49. The molecule has 0 aliphatic heterocycles. The Kier molecular flexibility index (Phi) is 4.67. The second kappa shape index (κ2) is 8.29. The second-order valence-electron chi connectivity index (χ2n) is 8.49. The molecule has 0 amide bonds. The summed E-state index contributed by atoms with van der Waals surface area (Å²) >= 11 is 0. The lowest BCUT2D eigenvalue weighted by molar-refractivity contribution is 0.883. The van der Waals surface area contributed by atoms with Crippen molar-refractivity contribution in [3.63, 3.8) is 0 Å². The Labute approximate surface area is 207 Å². The Bertz CT molecular complexity index is 1760. The fourth-order valence-corrected chi connectivity index (χ4v) is 4.70. The van der Waals surface area contributed by atoms with E-state index in [1.807, 2.05) is 41.1 Å². The molecule has 0 atom stereocenters. The molecule has 6 heteroatoms. The Morgan fingerprint density at radius 1 is 0.500 bits per heavy atom. The summed E-state index contributed by atoms with van der Waals surface area (Å²) in [5.41, 5.74) is 5.81. The van der Waals surface area contributed by atoms with Crippen LogP contribution in [0.25, 0.3) is 56.2 Å². The minimum atomic E-state index is 0.558. The Morgan fingerprint density at radius 3 is 1.67 bits per heavy atom. The molecule has 3 aromatic carbocycles. The van der Waals surface area contributed by atoms with E-state index in [4.69, 9.17) is 10.1 Å². The normalized spacial score (nSPS) is 11.3. The topological polar surface area (TPSA) is 61.4 Å². The number of nitrogens with zero attached hydrogens (tertiary/aromatic N) is 6. The van der Waals surface area contributed by atoms with Crippen LogP contribution in [0.4, 0.5) is 0 Å². The van der Waals surface area contributed by atoms with E-state index in [0.717, 1.165) is 22.8 Å². The van der Waals surface area contributed by atoms with Crippen molar-refractivity contribution in [1.29, 1.82) is 0 Å². The monoisotopic (exact) mass is 464 g/mol. The van der Waals surface area contributed by atoms with Crippen LogP contribution in [0.5, 0.6) is 0 Å². The maximum atomic E-state index is 4.82. The average Bonchev–Trinajstić information content (AvgIpc) is 3.55. The van der Waals surface area contributed by atoms with Gasteiger partial charge in [-0.05, 0) is 60.7 Å². The molecule has 0 fully saturated rings. The molecule has 6 nitrogen and oxygen atoms in total. The maximum Gasteiger partial charge on any atom is 0.200 e. The number of aromatic nitrogens is 6. The van der Waals surface area contributed by atoms with Crippen molar-refractivity contribution in [2.75, 3.05) is 0 Å². The number of fused-ring (bicyclic) bond motifs is 3. The van der Waals surface area contributed by atoms with Crippen molar-refractivity contribution in [2.24, 2.45) is 0 Å². The minimum Gasteiger partial charge on any atom is -0.309 e. The van der Waals surface area contributed by atoms with Gasteiger partial charge in [0, 0.05) is 28.9 Å². The molecule has 0 N–H and O–H groups in total. The lowest BCUT2D eigenvalue weighted by Crippen LogP contribution is -2.01. The molecule has 0 aliphatic rings. The van der Waals surface area contributed by atoms with Crippen molar-refractivity contribution in [3.05, 3.63) is 122 Å². The van der Waals surface area contributed by atoms with Crippen LogP contribution in [-0.4, -0.2) is 29.3 Å². The molecule has 0 spiro atoms. The first-order chi connectivity index (χ1) is 17.9. The molecule has 0 radical (unpaired) electrons. The number of benzene rings is 3. The first-order valence-electron chi connectivity index (χ1n) is 11.8. The molecule has 0 unspecified atom stereocenters. The van der Waals surface area contributed by atoms with Gasteiger partial charge in [0.2, 0.25) is 5.82 Å². The molecule has 7 aromatic rings. The molecule has 0 saturated carbocycles. The van der Waals surface area contributed by atoms with E-state index >= 15 is 0 Å². The average molecular weight is 465 g/mol. The van der Waals surface area contributed by atoms with E-state index in [2.05, 4.69) is 87.3 Å². The molecule has 4 aromatic heterocycles. The third-order valence-electron chi connectivity index (χ3n) is 6.33. The Hall–Kier alpha value is -5.10. The molecule has 36 heavy (non-hydrogen) atoms. The predicted molar refractivity (Wildman–Crippen MR) is 142 cm³/mol. The SMILES string of the molecule is c1ccc(-c2nc(-c3ccccn3)n(-c3ccc(-n4c5ccccc5c5ccccc54)cc3)n2)nc1. The summed E-state index contributed by atoms with van der Waals surface area (Å²) in [5.74, 6) is 1.23. The van der Waals surface area contributed by atoms with Crippen molar-refractivity contribution in [1.82, 2.24) is 29.3 Å². The van der Waals surface area contributed by atoms with Gasteiger partial charge in [-0.3, -0.25) is 9.97 Å². The van der Waals surface area contributed by atoms with Gasteiger partial charge in [0.25, 0.3) is 0 Å². The highest BCUT2D eigenvalue weighted by Gasteiger charge is 2.17. The molecule has 0 saturated heterocycles. The number of pyridine rings is 2. The number of hydrogen-bond acceptors (Lipinski definition) is 4. The first kappa shape index (κ1) is 20.3. The molecule has 170 valence electrons. The molecule has 4 heterocycles. The van der Waals surface area contributed by atoms with Crippen LogP contribution in [0.2, 0.25) is 0 Å². The summed E-state index contributed by atoms with van der Waals surface area (Å²) < 4.78 is 4.14. The highest BCUT2D eigenvalue weighted by molar-refractivity contribution is 6.09. The van der Waals surface area contributed by atoms with Gasteiger partial charge < -0.3 is 4.57 Å². The number of rotatable bonds is 4. The van der Waals surface area contributed by atoms with E-state index in [9.17, 15) is 0 Å². The summed E-state index contributed by atoms with van der Waals surface area (Å²) in [6.45, 7) is 0. The maximum absolute atomic E-state index is 4.82. The van der Waals surface area contributed by atoms with Crippen LogP contribution in [0.3, 0.4) is 0 Å². The summed E-state index contributed by atoms with van der Waals surface area (Å²) in [4.78, 5) is 13.8. The Morgan fingerprint density at radius 2 is 1.06 bits per heavy atom. The van der Waals surface area contributed by atoms with Gasteiger partial charge in [-0.1, -0.05) is 48.5 Å². The summed E-state index contributed by atoms with van der Waals surface area (Å²) in [6, 6.07) is 36.9. The zero-order valence-electron chi connectivity index (χ0n) is 19.2. The standard InChI is InChI=1S/C30H20N6/c1-3-13-27-23(9-1)24-10-2-4-14-28(24)35(27)21-15-17-22(18-16-21)36-30(26-12-6-8-20-32-26)33-29(34-36)25-11-5-7-19-31-25/h1-20H. The highest BCUT2D eigenvalue weighted by Crippen LogP contribution is 2.32. The van der Waals surface area contributed by atoms with E-state index in [1.54, 1.807) is 12.4 Å². The number of hydrogen-bond donors (Lipinski definition) is 0. The smallest absolute Gasteiger partial charge is 0.200 e. The lowest BCUT2D eigenvalue weighted by Gasteiger charge is -2.10. The minimum absolute atomic E-state index is 0.558. The molecule has 0 aliphatic carbocycles. The van der Waals surface area contributed by atoms with Gasteiger partial charge in [-0.2, -0.15) is 0 Å². The third kappa shape index (κ3) is 3.27. The molecule has 7 rings (SSSR count). The van der Waals surface area contributed by atoms with E-state index in [-0.39, 0.29) is 0 Å². The largest absolute Gasteiger partial charge is 0.309 e. The van der Waals surface area contributed by atoms with Crippen molar-refractivity contribution in [2.45, 2.75) is 0 Å². The van der Waals surface area contributed by atoms with Crippen LogP contribution in [0.15, 0.2) is 122 Å². The van der Waals surface area contributed by atoms with Crippen LogP contribution in [0, 0.1) is 0 Å². The summed E-state index contributed by atoms with van der Waals surface area (Å²) in [6.07, 6.45) is 3.51. The van der Waals surface area contributed by atoms with Crippen LogP contribution in [0.1, 0.15) is 0 Å². The van der Waals surface area contributed by atoms with Gasteiger partial charge in [-0.25, -0.2) is 9.67 Å². The fourth-order valence-electron chi connectivity index (χ4n) is 4.70. The third-order valence-corrected chi connectivity index (χ3v) is 6.33. The summed E-state index contributed by atoms with van der Waals surface area (Å²) in [7, 11) is 0. The lowest BCUT2D eigenvalue weighted by atomic mass is 10.2. The Balaban J connectivity index is 1.38. The first-order valence-corrected chi connectivity index (χ1v) is 11.8. The van der Waals surface area contributed by atoms with Gasteiger partial charge in [-0.15, -0.1) is 5.10 Å². The zero-order chi connectivity index (χ0) is 23.9. The fraction of sp³-hybridized carbons (Fsp3) is 0. The van der Waals surface area contributed by atoms with Crippen molar-refractivity contribution in [3.8, 4) is 34.4 Å². The van der Waals surface area contributed by atoms with Crippen LogP contribution < -0.4 is 0 Å². The highest BCUT2D eigenvalue weighted by atomic mass is 15.4. The molecular weight excluding hydrogens is 444 g/mol. The van der Waals surface area contributed by atoms with Crippen molar-refractivity contribution >= 4 is 21.8 Å². The molecular formula is C30H20N6. The van der Waals surface area contributed by atoms with Gasteiger partial charge in [0.1, 0.15) is 11.4 Å². The molecule has 0 bridgehead atoms. The summed E-state index contributed by atoms with van der Waals surface area (Å²) in [5, 5.41) is 7.30. The van der Waals surface area contributed by atoms with E-state index in [1.165, 1.54) is 21.8 Å². The van der Waals surface area contributed by atoms with Gasteiger partial charge in [0.05, 0.1) is 16.7 Å². The van der Waals surface area contributed by atoms with Gasteiger partial charge in [0.15, 0.2) is 5.82 Å². The van der Waals surface area contributed by atoms with Crippen LogP contribution >= 0.6 is 0 Å². The van der Waals surface area contributed by atoms with Crippen molar-refractivity contribution < 1.29 is 0 Å². The second-order valence-corrected chi connectivity index (χ2v) is 8.49. The quantitative estimate of drug-likeness (QED) is 0.299.